The molecule has 0 spiro atoms. The van der Waals surface area contributed by atoms with Crippen LogP contribution in [0.15, 0.2) is 29.2 Å². The first kappa shape index (κ1) is 19.2. The number of hydrogen-bond donors (Lipinski definition) is 1. The zero-order valence-corrected chi connectivity index (χ0v) is 15.6. The number of hydrogen-bond acceptors (Lipinski definition) is 4. The molecule has 5 nitrogen and oxygen atoms in total. The van der Waals surface area contributed by atoms with Crippen molar-refractivity contribution in [3.8, 4) is 5.75 Å². The third-order valence-corrected chi connectivity index (χ3v) is 6.06. The molecule has 0 aromatic heterocycles. The molecule has 6 heteroatoms. The van der Waals surface area contributed by atoms with Gasteiger partial charge in [0.1, 0.15) is 5.75 Å². The molecule has 136 valence electrons. The predicted molar refractivity (Wildman–Crippen MR) is 96.9 cm³/mol. The Hall–Kier alpha value is -1.11. The van der Waals surface area contributed by atoms with Crippen LogP contribution in [0.1, 0.15) is 46.0 Å². The van der Waals surface area contributed by atoms with Gasteiger partial charge in [-0.3, -0.25) is 0 Å². The van der Waals surface area contributed by atoms with Gasteiger partial charge in [-0.25, -0.2) is 13.1 Å². The number of likely N-dealkylation sites (tertiary alicyclic amines) is 1. The van der Waals surface area contributed by atoms with Crippen LogP contribution in [0.4, 0.5) is 0 Å². The zero-order valence-electron chi connectivity index (χ0n) is 14.8. The molecule has 0 amide bonds. The largest absolute Gasteiger partial charge is 0.494 e. The summed E-state index contributed by atoms with van der Waals surface area (Å²) in [5.41, 5.74) is 0. The van der Waals surface area contributed by atoms with Gasteiger partial charge in [-0.15, -0.1) is 0 Å². The van der Waals surface area contributed by atoms with Crippen LogP contribution < -0.4 is 9.46 Å². The quantitative estimate of drug-likeness (QED) is 0.693. The second-order valence-corrected chi connectivity index (χ2v) is 8.02. The van der Waals surface area contributed by atoms with Crippen molar-refractivity contribution < 1.29 is 13.2 Å². The normalized spacial score (nSPS) is 19.3. The van der Waals surface area contributed by atoms with Crippen LogP contribution in [0.5, 0.6) is 5.75 Å². The van der Waals surface area contributed by atoms with Crippen molar-refractivity contribution >= 4 is 10.0 Å². The van der Waals surface area contributed by atoms with E-state index in [1.54, 1.807) is 24.3 Å². The molecular formula is C18H30N2O3S. The molecule has 1 aliphatic heterocycles. The zero-order chi connectivity index (χ0) is 17.4. The molecule has 1 aromatic carbocycles. The number of nitrogens with zero attached hydrogens (tertiary/aromatic N) is 1. The van der Waals surface area contributed by atoms with Crippen molar-refractivity contribution in [1.82, 2.24) is 9.62 Å². The molecule has 1 aromatic rings. The standard InChI is InChI=1S/C18H30N2O3S/c1-3-16-8-5-6-14-20(16)15-7-13-19-24(21,22)18-11-9-17(10-12-18)23-4-2/h9-12,16,19H,3-8,13-15H2,1-2H3. The molecule has 0 bridgehead atoms. The number of nitrogens with one attached hydrogen (secondary N) is 1. The van der Waals surface area contributed by atoms with Crippen molar-refractivity contribution in [2.75, 3.05) is 26.2 Å². The first-order chi connectivity index (χ1) is 11.6. The summed E-state index contributed by atoms with van der Waals surface area (Å²) in [6, 6.07) is 7.23. The topological polar surface area (TPSA) is 58.6 Å². The molecule has 1 unspecified atom stereocenters. The molecule has 1 heterocycles. The van der Waals surface area contributed by atoms with E-state index in [9.17, 15) is 8.42 Å². The number of rotatable bonds is 9. The minimum absolute atomic E-state index is 0.287. The molecule has 1 saturated heterocycles. The summed E-state index contributed by atoms with van der Waals surface area (Å²) >= 11 is 0. The van der Waals surface area contributed by atoms with Crippen LogP contribution in [0.25, 0.3) is 0 Å². The summed E-state index contributed by atoms with van der Waals surface area (Å²) in [7, 11) is -3.44. The first-order valence-electron chi connectivity index (χ1n) is 9.03. The first-order valence-corrected chi connectivity index (χ1v) is 10.5. The lowest BCUT2D eigenvalue weighted by atomic mass is 10.00. The third-order valence-electron chi connectivity index (χ3n) is 4.58. The van der Waals surface area contributed by atoms with Gasteiger partial charge < -0.3 is 9.64 Å². The third kappa shape index (κ3) is 5.46. The lowest BCUT2D eigenvalue weighted by Crippen LogP contribution is -2.40. The SMILES string of the molecule is CCOc1ccc(S(=O)(=O)NCCCN2CCCCC2CC)cc1. The van der Waals surface area contributed by atoms with Crippen molar-refractivity contribution in [3.63, 3.8) is 0 Å². The summed E-state index contributed by atoms with van der Waals surface area (Å²) in [4.78, 5) is 2.80. The fraction of sp³-hybridized carbons (Fsp3) is 0.667. The highest BCUT2D eigenvalue weighted by Gasteiger charge is 2.20. The maximum atomic E-state index is 12.3. The van der Waals surface area contributed by atoms with Gasteiger partial charge in [0.25, 0.3) is 0 Å². The van der Waals surface area contributed by atoms with E-state index in [1.165, 1.54) is 25.7 Å². The van der Waals surface area contributed by atoms with Gasteiger partial charge in [0.05, 0.1) is 11.5 Å². The van der Waals surface area contributed by atoms with E-state index in [4.69, 9.17) is 4.74 Å². The van der Waals surface area contributed by atoms with E-state index >= 15 is 0 Å². The molecule has 0 radical (unpaired) electrons. The summed E-state index contributed by atoms with van der Waals surface area (Å²) in [5.74, 6) is 0.687. The molecule has 2 rings (SSSR count). The summed E-state index contributed by atoms with van der Waals surface area (Å²) < 4.78 is 32.7. The Morgan fingerprint density at radius 2 is 1.96 bits per heavy atom. The van der Waals surface area contributed by atoms with Crippen LogP contribution >= 0.6 is 0 Å². The molecule has 1 N–H and O–H groups in total. The molecular weight excluding hydrogens is 324 g/mol. The highest BCUT2D eigenvalue weighted by Crippen LogP contribution is 2.19. The van der Waals surface area contributed by atoms with E-state index in [-0.39, 0.29) is 4.90 Å². The monoisotopic (exact) mass is 354 g/mol. The maximum absolute atomic E-state index is 12.3. The highest BCUT2D eigenvalue weighted by atomic mass is 32.2. The fourth-order valence-electron chi connectivity index (χ4n) is 3.27. The van der Waals surface area contributed by atoms with Crippen molar-refractivity contribution in [1.29, 1.82) is 0 Å². The smallest absolute Gasteiger partial charge is 0.240 e. The van der Waals surface area contributed by atoms with Crippen molar-refractivity contribution in [2.24, 2.45) is 0 Å². The predicted octanol–water partition coefficient (Wildman–Crippen LogP) is 3.02. The Labute approximate surface area is 146 Å². The molecule has 1 aliphatic rings. The van der Waals surface area contributed by atoms with Crippen LogP contribution in [0.2, 0.25) is 0 Å². The average Bonchev–Trinajstić information content (AvgIpc) is 2.60. The van der Waals surface area contributed by atoms with Gasteiger partial charge in [0.2, 0.25) is 10.0 Å². The molecule has 24 heavy (non-hydrogen) atoms. The number of piperidine rings is 1. The van der Waals surface area contributed by atoms with Gasteiger partial charge >= 0.3 is 0 Å². The Morgan fingerprint density at radius 1 is 1.21 bits per heavy atom. The minimum Gasteiger partial charge on any atom is -0.494 e. The molecule has 1 fully saturated rings. The van der Waals surface area contributed by atoms with Crippen LogP contribution in [0.3, 0.4) is 0 Å². The van der Waals surface area contributed by atoms with Gasteiger partial charge in [-0.1, -0.05) is 13.3 Å². The lowest BCUT2D eigenvalue weighted by molar-refractivity contribution is 0.143. The van der Waals surface area contributed by atoms with E-state index in [1.807, 2.05) is 6.92 Å². The molecule has 1 atom stereocenters. The Morgan fingerprint density at radius 3 is 2.62 bits per heavy atom. The summed E-state index contributed by atoms with van der Waals surface area (Å²) in [6.45, 7) is 7.28. The van der Waals surface area contributed by atoms with Crippen molar-refractivity contribution in [3.05, 3.63) is 24.3 Å². The van der Waals surface area contributed by atoms with E-state index in [0.29, 0.717) is 24.9 Å². The van der Waals surface area contributed by atoms with Crippen LogP contribution in [-0.2, 0) is 10.0 Å². The second-order valence-electron chi connectivity index (χ2n) is 6.25. The van der Waals surface area contributed by atoms with Crippen molar-refractivity contribution in [2.45, 2.75) is 56.9 Å². The molecule has 0 saturated carbocycles. The number of benzene rings is 1. The fourth-order valence-corrected chi connectivity index (χ4v) is 4.34. The number of ether oxygens (including phenoxy) is 1. The Bertz CT molecular complexity index is 587. The Balaban J connectivity index is 1.79. The minimum atomic E-state index is -3.44. The second kappa shape index (κ2) is 9.39. The van der Waals surface area contributed by atoms with Crippen LogP contribution in [-0.4, -0.2) is 45.6 Å². The highest BCUT2D eigenvalue weighted by molar-refractivity contribution is 7.89. The van der Waals surface area contributed by atoms with Gasteiger partial charge in [-0.05, 0) is 70.0 Å². The Kier molecular flexibility index (Phi) is 7.52. The van der Waals surface area contributed by atoms with E-state index < -0.39 is 10.0 Å². The van der Waals surface area contributed by atoms with Crippen LogP contribution in [0, 0.1) is 0 Å². The average molecular weight is 355 g/mol. The summed E-state index contributed by atoms with van der Waals surface area (Å²) in [6.07, 6.45) is 5.87. The maximum Gasteiger partial charge on any atom is 0.240 e. The van der Waals surface area contributed by atoms with E-state index in [2.05, 4.69) is 16.5 Å². The lowest BCUT2D eigenvalue weighted by Gasteiger charge is -2.35. The van der Waals surface area contributed by atoms with Gasteiger partial charge in [0.15, 0.2) is 0 Å². The van der Waals surface area contributed by atoms with E-state index in [0.717, 1.165) is 19.5 Å². The summed E-state index contributed by atoms with van der Waals surface area (Å²) in [5, 5.41) is 0. The van der Waals surface area contributed by atoms with Gasteiger partial charge in [-0.2, -0.15) is 0 Å². The van der Waals surface area contributed by atoms with Gasteiger partial charge in [0, 0.05) is 12.6 Å². The molecule has 0 aliphatic carbocycles. The number of sulfonamides is 1.